The monoisotopic (exact) mass is 399 g/mol. The van der Waals surface area contributed by atoms with E-state index in [1.807, 2.05) is 0 Å². The van der Waals surface area contributed by atoms with Gasteiger partial charge in [-0.15, -0.1) is 0 Å². The van der Waals surface area contributed by atoms with E-state index in [0.717, 1.165) is 26.0 Å². The first-order valence-electron chi connectivity index (χ1n) is 8.19. The van der Waals surface area contributed by atoms with Gasteiger partial charge in [0.15, 0.2) is 17.0 Å². The highest BCUT2D eigenvalue weighted by Crippen LogP contribution is 2.50. The molecule has 0 spiro atoms. The first kappa shape index (κ1) is 19.8. The van der Waals surface area contributed by atoms with Crippen LogP contribution >= 0.6 is 0 Å². The van der Waals surface area contributed by atoms with E-state index >= 15 is 0 Å². The molecule has 0 fully saturated rings. The van der Waals surface area contributed by atoms with Crippen molar-refractivity contribution in [2.45, 2.75) is 43.8 Å². The molecular formula is C17H17F4N5O2. The molecule has 1 aromatic heterocycles. The zero-order valence-corrected chi connectivity index (χ0v) is 15.0. The fourth-order valence-corrected chi connectivity index (χ4v) is 3.04. The molecule has 1 aliphatic rings. The number of amides is 1. The smallest absolute Gasteiger partial charge is 0.315 e. The molecule has 7 nitrogen and oxygen atoms in total. The van der Waals surface area contributed by atoms with Crippen LogP contribution in [-0.2, 0) is 12.0 Å². The average Bonchev–Trinajstić information content (AvgIpc) is 3.03. The van der Waals surface area contributed by atoms with E-state index in [1.165, 1.54) is 6.07 Å². The second kappa shape index (κ2) is 6.28. The lowest BCUT2D eigenvalue weighted by molar-refractivity contribution is -0.106. The number of halogens is 4. The second-order valence-corrected chi connectivity index (χ2v) is 7.02. The summed E-state index contributed by atoms with van der Waals surface area (Å²) in [5.74, 6) is -6.57. The lowest BCUT2D eigenvalue weighted by Crippen LogP contribution is -2.56. The highest BCUT2D eigenvalue weighted by molar-refractivity contribution is 5.90. The molecule has 1 aliphatic heterocycles. The lowest BCUT2D eigenvalue weighted by Gasteiger charge is -2.42. The summed E-state index contributed by atoms with van der Waals surface area (Å²) >= 11 is 0. The minimum atomic E-state index is -3.70. The van der Waals surface area contributed by atoms with Gasteiger partial charge >= 0.3 is 11.8 Å². The summed E-state index contributed by atoms with van der Waals surface area (Å²) in [6.45, 7) is 1.90. The Morgan fingerprint density at radius 2 is 1.96 bits per heavy atom. The summed E-state index contributed by atoms with van der Waals surface area (Å²) in [4.78, 5) is 18.4. The summed E-state index contributed by atoms with van der Waals surface area (Å²) in [7, 11) is 0. The van der Waals surface area contributed by atoms with Crippen LogP contribution in [0.2, 0.25) is 0 Å². The van der Waals surface area contributed by atoms with Gasteiger partial charge in [0.05, 0.1) is 6.42 Å². The topological polar surface area (TPSA) is 120 Å². The van der Waals surface area contributed by atoms with E-state index in [0.29, 0.717) is 5.56 Å². The third-order valence-electron chi connectivity index (χ3n) is 4.74. The molecule has 2 atom stereocenters. The standard InChI is InChI=1S/C17H17F4N5O2/c1-15(19)7-17(20,21)16(2,25-14(15)23)9-5-8(3-4-10(9)18)6-11-24-13(12(22)27)28-26-11/h3-5H,6-7H2,1-2H3,(H2,22,27)(H2,23,25). The van der Waals surface area contributed by atoms with Crippen molar-refractivity contribution in [3.63, 3.8) is 0 Å². The van der Waals surface area contributed by atoms with Gasteiger partial charge in [0.2, 0.25) is 0 Å². The van der Waals surface area contributed by atoms with Gasteiger partial charge in [0.25, 0.3) is 5.92 Å². The lowest BCUT2D eigenvalue weighted by atomic mass is 9.77. The SMILES string of the molecule is CC1(F)CC(F)(F)C(C)(c2cc(Cc3noc(C(N)=O)n3)ccc2F)N=C1N. The maximum absolute atomic E-state index is 14.8. The van der Waals surface area contributed by atoms with Crippen LogP contribution in [0.15, 0.2) is 27.7 Å². The maximum atomic E-state index is 14.8. The van der Waals surface area contributed by atoms with E-state index in [2.05, 4.69) is 19.7 Å². The highest BCUT2D eigenvalue weighted by atomic mass is 19.3. The molecule has 28 heavy (non-hydrogen) atoms. The zero-order chi connectivity index (χ0) is 20.9. The number of amidine groups is 1. The first-order valence-corrected chi connectivity index (χ1v) is 8.19. The average molecular weight is 399 g/mol. The summed E-state index contributed by atoms with van der Waals surface area (Å²) in [5, 5.41) is 3.55. The van der Waals surface area contributed by atoms with Crippen LogP contribution in [0.5, 0.6) is 0 Å². The molecule has 0 radical (unpaired) electrons. The number of hydrogen-bond donors (Lipinski definition) is 2. The predicted octanol–water partition coefficient (Wildman–Crippen LogP) is 2.24. The van der Waals surface area contributed by atoms with Gasteiger partial charge in [0, 0.05) is 12.0 Å². The Morgan fingerprint density at radius 1 is 1.29 bits per heavy atom. The van der Waals surface area contributed by atoms with E-state index < -0.39 is 52.6 Å². The minimum Gasteiger partial charge on any atom is -0.385 e. The Kier molecular flexibility index (Phi) is 4.43. The number of hydrogen-bond acceptors (Lipinski definition) is 6. The van der Waals surface area contributed by atoms with E-state index in [9.17, 15) is 22.4 Å². The van der Waals surface area contributed by atoms with Crippen LogP contribution in [0.25, 0.3) is 0 Å². The number of benzene rings is 1. The van der Waals surface area contributed by atoms with Crippen molar-refractivity contribution >= 4 is 11.7 Å². The third-order valence-corrected chi connectivity index (χ3v) is 4.74. The van der Waals surface area contributed by atoms with Gasteiger partial charge in [-0.1, -0.05) is 11.2 Å². The summed E-state index contributed by atoms with van der Waals surface area (Å²) in [6, 6.07) is 3.47. The molecular weight excluding hydrogens is 382 g/mol. The van der Waals surface area contributed by atoms with Crippen LogP contribution < -0.4 is 11.5 Å². The summed E-state index contributed by atoms with van der Waals surface area (Å²) < 4.78 is 62.9. The van der Waals surface area contributed by atoms with Crippen molar-refractivity contribution < 1.29 is 26.9 Å². The van der Waals surface area contributed by atoms with Gasteiger partial charge in [0.1, 0.15) is 11.7 Å². The molecule has 150 valence electrons. The molecule has 2 aromatic rings. The summed E-state index contributed by atoms with van der Waals surface area (Å²) in [6.07, 6.45) is -1.28. The van der Waals surface area contributed by atoms with Crippen LogP contribution in [0, 0.1) is 5.82 Å². The van der Waals surface area contributed by atoms with E-state index in [-0.39, 0.29) is 12.2 Å². The Balaban J connectivity index is 2.03. The Hall–Kier alpha value is -2.98. The van der Waals surface area contributed by atoms with Crippen molar-refractivity contribution in [3.8, 4) is 0 Å². The van der Waals surface area contributed by atoms with Crippen molar-refractivity contribution in [2.24, 2.45) is 16.5 Å². The molecule has 0 aliphatic carbocycles. The number of carbonyl (C=O) groups is 1. The van der Waals surface area contributed by atoms with Crippen molar-refractivity contribution in [1.82, 2.24) is 10.1 Å². The van der Waals surface area contributed by atoms with Crippen molar-refractivity contribution in [2.75, 3.05) is 0 Å². The van der Waals surface area contributed by atoms with Crippen LogP contribution in [0.1, 0.15) is 47.9 Å². The third kappa shape index (κ3) is 3.20. The molecule has 2 heterocycles. The predicted molar refractivity (Wildman–Crippen MR) is 90.1 cm³/mol. The Labute approximate surface area is 156 Å². The first-order chi connectivity index (χ1) is 12.9. The number of rotatable bonds is 4. The maximum Gasteiger partial charge on any atom is 0.315 e. The fraction of sp³-hybridized carbons (Fsp3) is 0.412. The van der Waals surface area contributed by atoms with Gasteiger partial charge in [-0.3, -0.25) is 9.79 Å². The fourth-order valence-electron chi connectivity index (χ4n) is 3.04. The van der Waals surface area contributed by atoms with Crippen LogP contribution in [0.4, 0.5) is 17.6 Å². The largest absolute Gasteiger partial charge is 0.385 e. The van der Waals surface area contributed by atoms with Crippen LogP contribution in [-0.4, -0.2) is 33.5 Å². The van der Waals surface area contributed by atoms with Crippen molar-refractivity contribution in [1.29, 1.82) is 0 Å². The number of alkyl halides is 3. The quantitative estimate of drug-likeness (QED) is 0.764. The zero-order valence-electron chi connectivity index (χ0n) is 15.0. The number of nitrogens with two attached hydrogens (primary N) is 2. The van der Waals surface area contributed by atoms with Gasteiger partial charge in [-0.25, -0.2) is 17.6 Å². The highest BCUT2D eigenvalue weighted by Gasteiger charge is 2.60. The molecule has 3 rings (SSSR count). The molecule has 1 aromatic carbocycles. The molecule has 11 heteroatoms. The Bertz CT molecular complexity index is 972. The van der Waals surface area contributed by atoms with Gasteiger partial charge in [-0.05, 0) is 31.5 Å². The molecule has 0 saturated heterocycles. The number of primary amides is 1. The second-order valence-electron chi connectivity index (χ2n) is 7.02. The number of carbonyl (C=O) groups excluding carboxylic acids is 1. The van der Waals surface area contributed by atoms with Crippen molar-refractivity contribution in [3.05, 3.63) is 46.9 Å². The Morgan fingerprint density at radius 3 is 2.57 bits per heavy atom. The van der Waals surface area contributed by atoms with E-state index in [1.54, 1.807) is 0 Å². The minimum absolute atomic E-state index is 0.0475. The molecule has 1 amide bonds. The summed E-state index contributed by atoms with van der Waals surface area (Å²) in [5.41, 5.74) is 5.53. The number of aliphatic imine (C=N–C) groups is 1. The molecule has 0 saturated carbocycles. The number of aromatic nitrogens is 2. The number of nitrogens with zero attached hydrogens (tertiary/aromatic N) is 3. The van der Waals surface area contributed by atoms with Crippen LogP contribution in [0.3, 0.4) is 0 Å². The molecule has 0 bridgehead atoms. The van der Waals surface area contributed by atoms with Gasteiger partial charge in [-0.2, -0.15) is 4.98 Å². The molecule has 4 N–H and O–H groups in total. The van der Waals surface area contributed by atoms with E-state index in [4.69, 9.17) is 11.5 Å². The van der Waals surface area contributed by atoms with Gasteiger partial charge < -0.3 is 16.0 Å². The molecule has 2 unspecified atom stereocenters. The normalized spacial score (nSPS) is 26.7.